The first kappa shape index (κ1) is 27.7. The van der Waals surface area contributed by atoms with Crippen LogP contribution < -0.4 is 15.0 Å². The van der Waals surface area contributed by atoms with E-state index >= 15 is 0 Å². The zero-order valence-electron chi connectivity index (χ0n) is 22.9. The Morgan fingerprint density at radius 2 is 1.89 bits per heavy atom. The van der Waals surface area contributed by atoms with E-state index in [0.29, 0.717) is 19.0 Å². The number of nitrogens with zero attached hydrogens (tertiary/aromatic N) is 3. The van der Waals surface area contributed by atoms with Crippen LogP contribution in [-0.2, 0) is 19.7 Å². The number of hydrogen-bond acceptors (Lipinski definition) is 6. The number of benzene rings is 2. The molecule has 2 aromatic carbocycles. The zero-order chi connectivity index (χ0) is 27.4. The Hall–Kier alpha value is -3.30. The van der Waals surface area contributed by atoms with E-state index in [0.717, 1.165) is 33.8 Å². The molecule has 0 fully saturated rings. The van der Waals surface area contributed by atoms with Gasteiger partial charge >= 0.3 is 0 Å². The average molecular weight is 537 g/mol. The smallest absolute Gasteiger partial charge is 0.240 e. The van der Waals surface area contributed by atoms with Crippen LogP contribution in [0.3, 0.4) is 0 Å². The van der Waals surface area contributed by atoms with Gasteiger partial charge in [0.1, 0.15) is 18.1 Å². The van der Waals surface area contributed by atoms with Crippen LogP contribution in [0, 0.1) is 6.92 Å². The van der Waals surface area contributed by atoms with Crippen LogP contribution in [0.4, 0.5) is 5.82 Å². The molecule has 0 bridgehead atoms. The molecule has 1 aliphatic heterocycles. The van der Waals surface area contributed by atoms with Crippen molar-refractivity contribution < 1.29 is 19.1 Å². The van der Waals surface area contributed by atoms with E-state index in [1.807, 2.05) is 35.0 Å². The molecule has 0 radical (unpaired) electrons. The van der Waals surface area contributed by atoms with Gasteiger partial charge < -0.3 is 14.8 Å². The summed E-state index contributed by atoms with van der Waals surface area (Å²) in [5.41, 5.74) is 4.57. The number of amides is 2. The van der Waals surface area contributed by atoms with Crippen molar-refractivity contribution in [3.63, 3.8) is 0 Å². The summed E-state index contributed by atoms with van der Waals surface area (Å²) >= 11 is 1.58. The van der Waals surface area contributed by atoms with Gasteiger partial charge in [0.05, 0.1) is 36.1 Å². The van der Waals surface area contributed by atoms with Gasteiger partial charge in [-0.1, -0.05) is 50.6 Å². The van der Waals surface area contributed by atoms with Crippen molar-refractivity contribution in [3.05, 3.63) is 70.9 Å². The Balaban J connectivity index is 1.95. The van der Waals surface area contributed by atoms with Gasteiger partial charge in [0.25, 0.3) is 0 Å². The first-order chi connectivity index (χ1) is 18.1. The van der Waals surface area contributed by atoms with E-state index in [4.69, 9.17) is 14.6 Å². The molecule has 3 aromatic rings. The summed E-state index contributed by atoms with van der Waals surface area (Å²) in [6.07, 6.45) is 0. The molecule has 0 saturated carbocycles. The Bertz CT molecular complexity index is 1300. The number of carbonyl (C=O) groups is 2. The average Bonchev–Trinajstić information content (AvgIpc) is 3.22. The number of fused-ring (bicyclic) bond motifs is 1. The quantitative estimate of drug-likeness (QED) is 0.429. The number of thioether (sulfide) groups is 1. The molecule has 1 aromatic heterocycles. The minimum Gasteiger partial charge on any atom is -0.497 e. The highest BCUT2D eigenvalue weighted by Crippen LogP contribution is 2.48. The van der Waals surface area contributed by atoms with Crippen LogP contribution in [-0.4, -0.2) is 61.3 Å². The minimum absolute atomic E-state index is 0.109. The fourth-order valence-electron chi connectivity index (χ4n) is 4.57. The number of carbonyl (C=O) groups excluding carboxylic acids is 2. The Morgan fingerprint density at radius 1 is 1.16 bits per heavy atom. The number of nitrogens with one attached hydrogen (secondary N) is 1. The number of hydrogen-bond donors (Lipinski definition) is 1. The molecule has 1 aliphatic rings. The molecule has 1 atom stereocenters. The van der Waals surface area contributed by atoms with Gasteiger partial charge in [-0.25, -0.2) is 4.68 Å². The molecule has 4 rings (SSSR count). The van der Waals surface area contributed by atoms with Crippen molar-refractivity contribution in [2.24, 2.45) is 0 Å². The third-order valence-corrected chi connectivity index (χ3v) is 7.65. The van der Waals surface area contributed by atoms with Crippen molar-refractivity contribution in [1.82, 2.24) is 15.1 Å². The summed E-state index contributed by atoms with van der Waals surface area (Å²) in [6.45, 7) is 9.10. The number of aryl methyl sites for hydroxylation is 1. The van der Waals surface area contributed by atoms with Crippen molar-refractivity contribution in [3.8, 4) is 11.4 Å². The molecular formula is C29H36N4O4S. The van der Waals surface area contributed by atoms with Crippen molar-refractivity contribution >= 4 is 29.4 Å². The number of aromatic nitrogens is 2. The van der Waals surface area contributed by atoms with Gasteiger partial charge in [0.15, 0.2) is 0 Å². The SMILES string of the molecule is COCCNC(=O)CN1C(=O)CS[C@@H](c2cccc(C)c2)c2c(C(C)(C)C)nn(-c3ccc(OC)cc3)c21. The first-order valence-electron chi connectivity index (χ1n) is 12.7. The molecular weight excluding hydrogens is 500 g/mol. The van der Waals surface area contributed by atoms with Crippen LogP contribution >= 0.6 is 11.8 Å². The van der Waals surface area contributed by atoms with E-state index < -0.39 is 0 Å². The molecule has 0 unspecified atom stereocenters. The van der Waals surface area contributed by atoms with E-state index in [1.54, 1.807) is 30.9 Å². The number of ether oxygens (including phenoxy) is 2. The summed E-state index contributed by atoms with van der Waals surface area (Å²) in [5, 5.41) is 7.84. The molecule has 0 aliphatic carbocycles. The Morgan fingerprint density at radius 3 is 2.53 bits per heavy atom. The maximum atomic E-state index is 13.7. The number of methoxy groups -OCH3 is 2. The van der Waals surface area contributed by atoms with Gasteiger partial charge in [-0.3, -0.25) is 14.5 Å². The van der Waals surface area contributed by atoms with Crippen LogP contribution in [0.25, 0.3) is 5.69 Å². The van der Waals surface area contributed by atoms with Gasteiger partial charge in [-0.2, -0.15) is 5.10 Å². The predicted molar refractivity (Wildman–Crippen MR) is 152 cm³/mol. The Labute approximate surface area is 228 Å². The fourth-order valence-corrected chi connectivity index (χ4v) is 5.75. The monoisotopic (exact) mass is 536 g/mol. The largest absolute Gasteiger partial charge is 0.497 e. The maximum Gasteiger partial charge on any atom is 0.240 e. The number of anilines is 1. The minimum atomic E-state index is -0.315. The molecule has 0 saturated heterocycles. The van der Waals surface area contributed by atoms with Gasteiger partial charge in [-0.15, -0.1) is 11.8 Å². The standard InChI is InChI=1S/C29H36N4O4S/c1-19-8-7-9-20(16-19)26-25-27(29(2,3)4)31-33(21-10-12-22(37-6)13-11-21)28(25)32(24(35)18-38-26)17-23(34)30-14-15-36-5/h7-13,16,26H,14-15,17-18H2,1-6H3,(H,30,34)/t26-/m0/s1. The normalized spacial score (nSPS) is 15.7. The highest BCUT2D eigenvalue weighted by molar-refractivity contribution is 8.00. The molecule has 8 nitrogen and oxygen atoms in total. The van der Waals surface area contributed by atoms with Crippen LogP contribution in [0.5, 0.6) is 5.75 Å². The summed E-state index contributed by atoms with van der Waals surface area (Å²) in [5.74, 6) is 1.21. The third-order valence-electron chi connectivity index (χ3n) is 6.39. The van der Waals surface area contributed by atoms with Gasteiger partial charge in [0.2, 0.25) is 11.8 Å². The molecule has 1 N–H and O–H groups in total. The highest BCUT2D eigenvalue weighted by Gasteiger charge is 2.39. The first-order valence-corrected chi connectivity index (χ1v) is 13.7. The topological polar surface area (TPSA) is 85.7 Å². The summed E-state index contributed by atoms with van der Waals surface area (Å²) in [4.78, 5) is 28.2. The second-order valence-electron chi connectivity index (χ2n) is 10.4. The second-order valence-corrected chi connectivity index (χ2v) is 11.5. The van der Waals surface area contributed by atoms with Crippen LogP contribution in [0.15, 0.2) is 48.5 Å². The lowest BCUT2D eigenvalue weighted by Crippen LogP contribution is -2.43. The summed E-state index contributed by atoms with van der Waals surface area (Å²) in [7, 11) is 3.21. The van der Waals surface area contributed by atoms with Crippen molar-refractivity contribution in [2.45, 2.75) is 38.4 Å². The highest BCUT2D eigenvalue weighted by atomic mass is 32.2. The lowest BCUT2D eigenvalue weighted by molar-refractivity contribution is -0.123. The molecule has 9 heteroatoms. The molecule has 0 spiro atoms. The van der Waals surface area contributed by atoms with Crippen LogP contribution in [0.1, 0.15) is 48.4 Å². The third kappa shape index (κ3) is 5.89. The van der Waals surface area contributed by atoms with Crippen LogP contribution in [0.2, 0.25) is 0 Å². The second kappa shape index (κ2) is 11.6. The van der Waals surface area contributed by atoms with E-state index in [2.05, 4.69) is 51.2 Å². The fraction of sp³-hybridized carbons (Fsp3) is 0.414. The Kier molecular flexibility index (Phi) is 8.47. The van der Waals surface area contributed by atoms with Gasteiger partial charge in [0, 0.05) is 24.6 Å². The molecule has 2 amide bonds. The zero-order valence-corrected chi connectivity index (χ0v) is 23.7. The van der Waals surface area contributed by atoms with E-state index in [-0.39, 0.29) is 34.8 Å². The molecule has 202 valence electrons. The molecule has 2 heterocycles. The number of rotatable bonds is 8. The lowest BCUT2D eigenvalue weighted by Gasteiger charge is -2.24. The summed E-state index contributed by atoms with van der Waals surface area (Å²) in [6, 6.07) is 15.9. The lowest BCUT2D eigenvalue weighted by atomic mass is 9.87. The van der Waals surface area contributed by atoms with Gasteiger partial charge in [-0.05, 0) is 36.8 Å². The van der Waals surface area contributed by atoms with Crippen molar-refractivity contribution in [1.29, 1.82) is 0 Å². The van der Waals surface area contributed by atoms with Crippen molar-refractivity contribution in [2.75, 3.05) is 44.6 Å². The maximum absolute atomic E-state index is 13.7. The molecule has 38 heavy (non-hydrogen) atoms. The predicted octanol–water partition coefficient (Wildman–Crippen LogP) is 4.42. The van der Waals surface area contributed by atoms with E-state index in [1.165, 1.54) is 0 Å². The summed E-state index contributed by atoms with van der Waals surface area (Å²) < 4.78 is 12.2. The van der Waals surface area contributed by atoms with E-state index in [9.17, 15) is 9.59 Å².